The van der Waals surface area contributed by atoms with Crippen LogP contribution >= 0.6 is 11.3 Å². The van der Waals surface area contributed by atoms with Gasteiger partial charge in [-0.15, -0.1) is 17.8 Å². The Bertz CT molecular complexity index is 379. The van der Waals surface area contributed by atoms with Crippen molar-refractivity contribution in [3.63, 3.8) is 0 Å². The lowest BCUT2D eigenvalue weighted by Gasteiger charge is -2.03. The second-order valence-electron chi connectivity index (χ2n) is 3.31. The fourth-order valence-corrected chi connectivity index (χ4v) is 2.10. The van der Waals surface area contributed by atoms with Gasteiger partial charge in [0.05, 0.1) is 19.6 Å². The highest BCUT2D eigenvalue weighted by molar-refractivity contribution is 7.11. The second kappa shape index (κ2) is 7.04. The van der Waals surface area contributed by atoms with Crippen LogP contribution in [-0.2, 0) is 17.8 Å². The topological polar surface area (TPSA) is 41.1 Å². The Balaban J connectivity index is 2.23. The molecule has 1 rings (SSSR count). The molecule has 3 nitrogen and oxygen atoms in total. The number of terminal acetylenes is 1. The molecular formula is C12H16N2OS. The Hall–Kier alpha value is -1.31. The zero-order valence-electron chi connectivity index (χ0n) is 9.38. The van der Waals surface area contributed by atoms with Crippen LogP contribution in [0, 0.1) is 12.3 Å². The van der Waals surface area contributed by atoms with Gasteiger partial charge in [0, 0.05) is 9.75 Å². The molecule has 0 atom stereocenters. The molecular weight excluding hydrogens is 220 g/mol. The van der Waals surface area contributed by atoms with E-state index in [2.05, 4.69) is 35.6 Å². The number of carbonyl (C=O) groups is 1. The van der Waals surface area contributed by atoms with Gasteiger partial charge in [0.15, 0.2) is 0 Å². The number of rotatable bonds is 6. The SMILES string of the molecule is C#CCNCC(=O)NCc1ccc(CC)s1. The third-order valence-corrected chi connectivity index (χ3v) is 3.27. The highest BCUT2D eigenvalue weighted by Gasteiger charge is 2.02. The Kier molecular flexibility index (Phi) is 5.62. The van der Waals surface area contributed by atoms with Crippen LogP contribution in [0.3, 0.4) is 0 Å². The molecule has 1 heterocycles. The normalized spacial score (nSPS) is 9.75. The molecule has 0 radical (unpaired) electrons. The van der Waals surface area contributed by atoms with E-state index in [0.717, 1.165) is 6.42 Å². The van der Waals surface area contributed by atoms with E-state index in [-0.39, 0.29) is 12.5 Å². The van der Waals surface area contributed by atoms with Gasteiger partial charge in [-0.2, -0.15) is 0 Å². The lowest BCUT2D eigenvalue weighted by Crippen LogP contribution is -2.33. The summed E-state index contributed by atoms with van der Waals surface area (Å²) < 4.78 is 0. The molecule has 1 aromatic rings. The van der Waals surface area contributed by atoms with Crippen molar-refractivity contribution < 1.29 is 4.79 Å². The van der Waals surface area contributed by atoms with E-state index < -0.39 is 0 Å². The predicted molar refractivity (Wildman–Crippen MR) is 67.2 cm³/mol. The Morgan fingerprint density at radius 2 is 2.25 bits per heavy atom. The molecule has 0 fully saturated rings. The van der Waals surface area contributed by atoms with Crippen LogP contribution in [0.1, 0.15) is 16.7 Å². The number of nitrogens with one attached hydrogen (secondary N) is 2. The minimum absolute atomic E-state index is 0.0262. The van der Waals surface area contributed by atoms with Gasteiger partial charge in [0.1, 0.15) is 0 Å². The van der Waals surface area contributed by atoms with Gasteiger partial charge in [-0.05, 0) is 18.6 Å². The Morgan fingerprint density at radius 1 is 1.50 bits per heavy atom. The van der Waals surface area contributed by atoms with Crippen LogP contribution < -0.4 is 10.6 Å². The van der Waals surface area contributed by atoms with E-state index in [4.69, 9.17) is 6.42 Å². The third kappa shape index (κ3) is 4.47. The first-order valence-electron chi connectivity index (χ1n) is 5.24. The molecule has 0 bridgehead atoms. The summed E-state index contributed by atoms with van der Waals surface area (Å²) in [6, 6.07) is 4.15. The maximum absolute atomic E-state index is 11.3. The molecule has 2 N–H and O–H groups in total. The smallest absolute Gasteiger partial charge is 0.234 e. The minimum atomic E-state index is -0.0262. The molecule has 1 amide bonds. The quantitative estimate of drug-likeness (QED) is 0.574. The van der Waals surface area contributed by atoms with Crippen LogP contribution in [0.2, 0.25) is 0 Å². The maximum atomic E-state index is 11.3. The first-order chi connectivity index (χ1) is 7.76. The Labute approximate surface area is 100 Å². The van der Waals surface area contributed by atoms with Crippen molar-refractivity contribution >= 4 is 17.2 Å². The van der Waals surface area contributed by atoms with Crippen molar-refractivity contribution in [3.8, 4) is 12.3 Å². The van der Waals surface area contributed by atoms with Crippen molar-refractivity contribution in [1.29, 1.82) is 0 Å². The summed E-state index contributed by atoms with van der Waals surface area (Å²) in [4.78, 5) is 13.9. The zero-order valence-corrected chi connectivity index (χ0v) is 10.2. The van der Waals surface area contributed by atoms with E-state index in [0.29, 0.717) is 13.1 Å². The standard InChI is InChI=1S/C12H16N2OS/c1-3-7-13-9-12(15)14-8-11-6-5-10(4-2)16-11/h1,5-6,13H,4,7-9H2,2H3,(H,14,15). The number of thiophene rings is 1. The molecule has 1 aromatic heterocycles. The van der Waals surface area contributed by atoms with Gasteiger partial charge >= 0.3 is 0 Å². The van der Waals surface area contributed by atoms with Crippen LogP contribution in [0.25, 0.3) is 0 Å². The summed E-state index contributed by atoms with van der Waals surface area (Å²) in [5, 5.41) is 5.68. The maximum Gasteiger partial charge on any atom is 0.234 e. The molecule has 0 saturated carbocycles. The number of carbonyl (C=O) groups excluding carboxylic acids is 1. The molecule has 0 aliphatic rings. The fourth-order valence-electron chi connectivity index (χ4n) is 1.20. The molecule has 0 spiro atoms. The fraction of sp³-hybridized carbons (Fsp3) is 0.417. The van der Waals surface area contributed by atoms with Crippen LogP contribution in [0.4, 0.5) is 0 Å². The summed E-state index contributed by atoms with van der Waals surface area (Å²) in [5.74, 6) is 2.39. The van der Waals surface area contributed by atoms with Crippen molar-refractivity contribution in [2.24, 2.45) is 0 Å². The van der Waals surface area contributed by atoms with Gasteiger partial charge < -0.3 is 5.32 Å². The number of hydrogen-bond donors (Lipinski definition) is 2. The van der Waals surface area contributed by atoms with Gasteiger partial charge in [-0.1, -0.05) is 12.8 Å². The monoisotopic (exact) mass is 236 g/mol. The molecule has 86 valence electrons. The van der Waals surface area contributed by atoms with E-state index in [1.54, 1.807) is 11.3 Å². The third-order valence-electron chi connectivity index (χ3n) is 2.04. The molecule has 0 aromatic carbocycles. The number of amides is 1. The summed E-state index contributed by atoms with van der Waals surface area (Å²) in [7, 11) is 0. The van der Waals surface area contributed by atoms with Gasteiger partial charge in [-0.25, -0.2) is 0 Å². The first kappa shape index (κ1) is 12.8. The van der Waals surface area contributed by atoms with Crippen LogP contribution in [-0.4, -0.2) is 19.0 Å². The van der Waals surface area contributed by atoms with E-state index >= 15 is 0 Å². The summed E-state index contributed by atoms with van der Waals surface area (Å²) in [6.45, 7) is 3.42. The van der Waals surface area contributed by atoms with Crippen molar-refractivity contribution in [2.75, 3.05) is 13.1 Å². The highest BCUT2D eigenvalue weighted by atomic mass is 32.1. The van der Waals surface area contributed by atoms with E-state index in [1.807, 2.05) is 0 Å². The largest absolute Gasteiger partial charge is 0.350 e. The van der Waals surface area contributed by atoms with Gasteiger partial charge in [0.2, 0.25) is 5.91 Å². The second-order valence-corrected chi connectivity index (χ2v) is 4.56. The lowest BCUT2D eigenvalue weighted by atomic mass is 10.3. The summed E-state index contributed by atoms with van der Waals surface area (Å²) in [5.41, 5.74) is 0. The molecule has 4 heteroatoms. The number of aryl methyl sites for hydroxylation is 1. The average molecular weight is 236 g/mol. The van der Waals surface area contributed by atoms with E-state index in [1.165, 1.54) is 9.75 Å². The van der Waals surface area contributed by atoms with Crippen molar-refractivity contribution in [1.82, 2.24) is 10.6 Å². The average Bonchev–Trinajstić information content (AvgIpc) is 2.74. The zero-order chi connectivity index (χ0) is 11.8. The van der Waals surface area contributed by atoms with Crippen LogP contribution in [0.15, 0.2) is 12.1 Å². The minimum Gasteiger partial charge on any atom is -0.350 e. The van der Waals surface area contributed by atoms with Crippen molar-refractivity contribution in [3.05, 3.63) is 21.9 Å². The molecule has 0 unspecified atom stereocenters. The summed E-state index contributed by atoms with van der Waals surface area (Å²) >= 11 is 1.74. The van der Waals surface area contributed by atoms with Crippen LogP contribution in [0.5, 0.6) is 0 Å². The molecule has 0 aliphatic carbocycles. The predicted octanol–water partition coefficient (Wildman–Crippen LogP) is 1.15. The summed E-state index contributed by atoms with van der Waals surface area (Å²) in [6.07, 6.45) is 6.10. The molecule has 0 aliphatic heterocycles. The first-order valence-corrected chi connectivity index (χ1v) is 6.06. The van der Waals surface area contributed by atoms with Gasteiger partial charge in [-0.3, -0.25) is 10.1 Å². The van der Waals surface area contributed by atoms with Crippen molar-refractivity contribution in [2.45, 2.75) is 19.9 Å². The number of hydrogen-bond acceptors (Lipinski definition) is 3. The highest BCUT2D eigenvalue weighted by Crippen LogP contribution is 2.16. The van der Waals surface area contributed by atoms with Gasteiger partial charge in [0.25, 0.3) is 0 Å². The molecule has 16 heavy (non-hydrogen) atoms. The molecule has 0 saturated heterocycles. The Morgan fingerprint density at radius 3 is 2.88 bits per heavy atom. The lowest BCUT2D eigenvalue weighted by molar-refractivity contribution is -0.120. The van der Waals surface area contributed by atoms with E-state index in [9.17, 15) is 4.79 Å².